The van der Waals surface area contributed by atoms with Crippen molar-refractivity contribution in [1.82, 2.24) is 19.5 Å². The van der Waals surface area contributed by atoms with Gasteiger partial charge in [-0.2, -0.15) is 0 Å². The van der Waals surface area contributed by atoms with Crippen LogP contribution in [0.1, 0.15) is 12.6 Å². The molecule has 0 saturated carbocycles. The minimum Gasteiger partial charge on any atom is -0.394 e. The second-order valence-electron chi connectivity index (χ2n) is 8.71. The molecular formula is C16H26N5O17P3. The Morgan fingerprint density at radius 1 is 0.854 bits per heavy atom. The lowest BCUT2D eigenvalue weighted by molar-refractivity contribution is -0.274. The molecule has 4 rings (SSSR count). The molecule has 41 heavy (non-hydrogen) atoms. The number of phosphoric acid groups is 3. The normalized spacial score (nSPS) is 31.6. The number of rotatable bonds is 11. The van der Waals surface area contributed by atoms with Gasteiger partial charge in [0, 0.05) is 6.42 Å². The summed E-state index contributed by atoms with van der Waals surface area (Å²) >= 11 is 0. The number of phosphoric ester groups is 3. The minimum atomic E-state index is -5.32. The zero-order chi connectivity index (χ0) is 30.3. The van der Waals surface area contributed by atoms with Crippen LogP contribution in [0.2, 0.25) is 0 Å². The molecule has 0 spiro atoms. The van der Waals surface area contributed by atoms with Crippen molar-refractivity contribution in [3.63, 3.8) is 0 Å². The fraction of sp³-hybridized carbons (Fsp3) is 0.688. The SMILES string of the molecule is Nc1ncnc2c1ncn2[C@@H]1O[C@H](CO)C(O[C@@H]2C[C@@H](OP(=O)(O)O)[C@H](OP(=O)(O)O)[C@@H](CO)O2)[C@H]1OP(=O)(O)O. The molecule has 2 fully saturated rings. The summed E-state index contributed by atoms with van der Waals surface area (Å²) in [5, 5.41) is 19.7. The summed E-state index contributed by atoms with van der Waals surface area (Å²) in [6, 6.07) is 0. The van der Waals surface area contributed by atoms with Crippen LogP contribution in [-0.2, 0) is 41.5 Å². The Morgan fingerprint density at radius 3 is 2.02 bits per heavy atom. The van der Waals surface area contributed by atoms with Crippen LogP contribution in [0.5, 0.6) is 0 Å². The fourth-order valence-corrected chi connectivity index (χ4v) is 6.13. The second-order valence-corrected chi connectivity index (χ2v) is 12.3. The van der Waals surface area contributed by atoms with Crippen LogP contribution in [0.3, 0.4) is 0 Å². The molecule has 22 nitrogen and oxygen atoms in total. The largest absolute Gasteiger partial charge is 0.470 e. The molecule has 2 aliphatic rings. The van der Waals surface area contributed by atoms with Crippen molar-refractivity contribution in [2.24, 2.45) is 0 Å². The lowest BCUT2D eigenvalue weighted by Gasteiger charge is -2.41. The molecule has 0 radical (unpaired) electrons. The maximum atomic E-state index is 11.9. The number of hydrogen-bond acceptors (Lipinski definition) is 15. The monoisotopic (exact) mass is 653 g/mol. The van der Waals surface area contributed by atoms with Crippen LogP contribution in [0.25, 0.3) is 11.2 Å². The van der Waals surface area contributed by atoms with Crippen molar-refractivity contribution in [2.45, 2.75) is 55.6 Å². The zero-order valence-electron chi connectivity index (χ0n) is 20.4. The Bertz CT molecular complexity index is 1360. The van der Waals surface area contributed by atoms with Gasteiger partial charge in [-0.05, 0) is 0 Å². The number of hydrogen-bond donors (Lipinski definition) is 9. The van der Waals surface area contributed by atoms with Crippen LogP contribution in [0, 0.1) is 0 Å². The summed E-state index contributed by atoms with van der Waals surface area (Å²) in [7, 11) is -15.9. The highest BCUT2D eigenvalue weighted by Gasteiger charge is 2.53. The third-order valence-corrected chi connectivity index (χ3v) is 7.47. The van der Waals surface area contributed by atoms with Gasteiger partial charge in [-0.25, -0.2) is 28.6 Å². The van der Waals surface area contributed by atoms with Gasteiger partial charge in [0.1, 0.15) is 48.5 Å². The highest BCUT2D eigenvalue weighted by Crippen LogP contribution is 2.49. The Morgan fingerprint density at radius 2 is 1.44 bits per heavy atom. The van der Waals surface area contributed by atoms with Gasteiger partial charge >= 0.3 is 23.5 Å². The lowest BCUT2D eigenvalue weighted by atomic mass is 10.0. The molecule has 1 unspecified atom stereocenters. The number of fused-ring (bicyclic) bond motifs is 1. The quantitative estimate of drug-likeness (QED) is 0.111. The number of ether oxygens (including phenoxy) is 3. The molecule has 2 aliphatic heterocycles. The highest BCUT2D eigenvalue weighted by atomic mass is 31.2. The predicted molar refractivity (Wildman–Crippen MR) is 127 cm³/mol. The van der Waals surface area contributed by atoms with Crippen LogP contribution >= 0.6 is 23.5 Å². The van der Waals surface area contributed by atoms with Gasteiger partial charge in [-0.1, -0.05) is 0 Å². The summed E-state index contributed by atoms with van der Waals surface area (Å²) in [6.07, 6.45) is -11.7. The van der Waals surface area contributed by atoms with Crippen LogP contribution in [0.4, 0.5) is 5.82 Å². The van der Waals surface area contributed by atoms with E-state index in [1.165, 1.54) is 4.57 Å². The van der Waals surface area contributed by atoms with Crippen LogP contribution < -0.4 is 5.73 Å². The number of imidazole rings is 1. The molecule has 2 aromatic heterocycles. The lowest BCUT2D eigenvalue weighted by Crippen LogP contribution is -2.54. The number of anilines is 1. The Balaban J connectivity index is 1.67. The van der Waals surface area contributed by atoms with Crippen molar-refractivity contribution in [3.05, 3.63) is 12.7 Å². The number of nitrogens with zero attached hydrogens (tertiary/aromatic N) is 4. The van der Waals surface area contributed by atoms with Gasteiger partial charge in [-0.15, -0.1) is 0 Å². The van der Waals surface area contributed by atoms with Crippen LogP contribution in [-0.4, -0.2) is 115 Å². The highest BCUT2D eigenvalue weighted by molar-refractivity contribution is 7.46. The standard InChI is InChI=1S/C16H26N5O17P3/c17-14-10-15(19-4-18-14)21(5-20-10)16-13(38-41(30,31)32)12(8(3-23)34-16)35-9-1-6(36-39(24,25)26)11(7(2-22)33-9)37-40(27,28)29/h4-9,11-13,16,22-23H,1-3H2,(H2,17,18,19)(H2,24,25,26)(H2,27,28,29)(H2,30,31,32)/t6-,7-,8-,9-,11+,12?,13-,16-/m1/s1. The smallest absolute Gasteiger partial charge is 0.394 e. The van der Waals surface area contributed by atoms with E-state index in [0.717, 1.165) is 12.7 Å². The van der Waals surface area contributed by atoms with Gasteiger partial charge in [0.2, 0.25) is 0 Å². The van der Waals surface area contributed by atoms with Gasteiger partial charge in [-0.3, -0.25) is 18.1 Å². The van der Waals surface area contributed by atoms with Crippen molar-refractivity contribution in [3.8, 4) is 0 Å². The van der Waals surface area contributed by atoms with E-state index < -0.39 is 92.2 Å². The first-order chi connectivity index (χ1) is 19.0. The third-order valence-electron chi connectivity index (χ3n) is 5.89. The molecular weight excluding hydrogens is 627 g/mol. The molecule has 0 bridgehead atoms. The van der Waals surface area contributed by atoms with E-state index in [4.69, 9.17) is 24.5 Å². The van der Waals surface area contributed by atoms with E-state index in [-0.39, 0.29) is 17.0 Å². The summed E-state index contributed by atoms with van der Waals surface area (Å²) in [5.74, 6) is -0.0282. The van der Waals surface area contributed by atoms with E-state index in [1.54, 1.807) is 0 Å². The van der Waals surface area contributed by atoms with Crippen molar-refractivity contribution < 1.29 is 81.1 Å². The molecule has 0 aromatic carbocycles. The van der Waals surface area contributed by atoms with E-state index >= 15 is 0 Å². The van der Waals surface area contributed by atoms with Crippen molar-refractivity contribution >= 4 is 40.4 Å². The zero-order valence-corrected chi connectivity index (χ0v) is 23.0. The average molecular weight is 653 g/mol. The molecule has 2 aromatic rings. The summed E-state index contributed by atoms with van der Waals surface area (Å²) in [6.45, 7) is -1.82. The number of nitrogens with two attached hydrogens (primary N) is 1. The van der Waals surface area contributed by atoms with Gasteiger partial charge < -0.3 is 59.5 Å². The Labute approximate surface area is 228 Å². The third kappa shape index (κ3) is 7.91. The maximum Gasteiger partial charge on any atom is 0.470 e. The molecule has 10 N–H and O–H groups in total. The topological polar surface area (TPSA) is 338 Å². The Hall–Kier alpha value is -1.52. The molecule has 25 heteroatoms. The first-order valence-electron chi connectivity index (χ1n) is 11.3. The van der Waals surface area contributed by atoms with E-state index in [0.29, 0.717) is 0 Å². The van der Waals surface area contributed by atoms with Gasteiger partial charge in [0.15, 0.2) is 24.0 Å². The van der Waals surface area contributed by atoms with Gasteiger partial charge in [0.05, 0.1) is 19.5 Å². The number of nitrogen functional groups attached to an aromatic ring is 1. The van der Waals surface area contributed by atoms with Crippen molar-refractivity contribution in [1.29, 1.82) is 0 Å². The first kappa shape index (κ1) is 32.4. The predicted octanol–water partition coefficient (Wildman–Crippen LogP) is -2.78. The minimum absolute atomic E-state index is 0.0282. The molecule has 2 saturated heterocycles. The molecule has 0 aliphatic carbocycles. The average Bonchev–Trinajstić information content (AvgIpc) is 3.40. The van der Waals surface area contributed by atoms with E-state index in [9.17, 15) is 53.3 Å². The molecule has 4 heterocycles. The number of aliphatic hydroxyl groups excluding tert-OH is 2. The maximum absolute atomic E-state index is 11.9. The van der Waals surface area contributed by atoms with Crippen LogP contribution in [0.15, 0.2) is 12.7 Å². The summed E-state index contributed by atoms with van der Waals surface area (Å²) in [5.41, 5.74) is 5.95. The Kier molecular flexibility index (Phi) is 9.66. The summed E-state index contributed by atoms with van der Waals surface area (Å²) < 4.78 is 67.2. The second kappa shape index (κ2) is 12.2. The van der Waals surface area contributed by atoms with Crippen molar-refractivity contribution in [2.75, 3.05) is 18.9 Å². The summed E-state index contributed by atoms with van der Waals surface area (Å²) in [4.78, 5) is 68.2. The van der Waals surface area contributed by atoms with E-state index in [1.807, 2.05) is 0 Å². The first-order valence-corrected chi connectivity index (χ1v) is 15.9. The number of aliphatic hydroxyl groups is 2. The van der Waals surface area contributed by atoms with E-state index in [2.05, 4.69) is 24.0 Å². The molecule has 0 amide bonds. The molecule has 8 atom stereocenters. The number of aromatic nitrogens is 4. The molecule has 232 valence electrons. The fourth-order valence-electron chi connectivity index (χ4n) is 4.45. The van der Waals surface area contributed by atoms with Gasteiger partial charge in [0.25, 0.3) is 0 Å².